The maximum atomic E-state index is 11.4. The Morgan fingerprint density at radius 3 is 2.82 bits per heavy atom. The van der Waals surface area contributed by atoms with Crippen LogP contribution in [-0.2, 0) is 9.84 Å². The first kappa shape index (κ1) is 7.55. The lowest BCUT2D eigenvalue weighted by molar-refractivity contribution is 0.387. The number of piperidine rings is 1. The molecule has 0 aliphatic carbocycles. The molecule has 11 heavy (non-hydrogen) atoms. The van der Waals surface area contributed by atoms with Crippen LogP contribution in [0.3, 0.4) is 0 Å². The van der Waals surface area contributed by atoms with E-state index in [0.29, 0.717) is 18.2 Å². The molecule has 0 aromatic carbocycles. The number of hydrogen-bond donors (Lipinski definition) is 1. The maximum absolute atomic E-state index is 11.4. The summed E-state index contributed by atoms with van der Waals surface area (Å²) in [4.78, 5) is 0. The van der Waals surface area contributed by atoms with Crippen LogP contribution in [0, 0.1) is 5.92 Å². The van der Waals surface area contributed by atoms with Crippen LogP contribution in [0.5, 0.6) is 0 Å². The Labute approximate surface area is 67.1 Å². The fraction of sp³-hybridized carbons (Fsp3) is 1.00. The smallest absolute Gasteiger partial charge is 0.154 e. The van der Waals surface area contributed by atoms with Crippen molar-refractivity contribution in [2.75, 3.05) is 18.8 Å². The molecule has 2 saturated heterocycles. The molecule has 4 heteroatoms. The maximum Gasteiger partial charge on any atom is 0.154 e. The van der Waals surface area contributed by atoms with Crippen molar-refractivity contribution < 1.29 is 8.42 Å². The van der Waals surface area contributed by atoms with Crippen LogP contribution in [-0.4, -0.2) is 32.5 Å². The minimum atomic E-state index is -2.71. The normalized spacial score (nSPS) is 41.8. The number of rotatable bonds is 0. The second-order valence-electron chi connectivity index (χ2n) is 3.45. The van der Waals surface area contributed by atoms with E-state index in [0.717, 1.165) is 19.4 Å². The summed E-state index contributed by atoms with van der Waals surface area (Å²) in [7, 11) is -2.71. The highest BCUT2D eigenvalue weighted by Crippen LogP contribution is 2.30. The molecule has 2 heterocycles. The van der Waals surface area contributed by atoms with Gasteiger partial charge in [0.25, 0.3) is 0 Å². The molecule has 0 radical (unpaired) electrons. The summed E-state index contributed by atoms with van der Waals surface area (Å²) in [5.74, 6) is 0.880. The SMILES string of the molecule is O=S1(=O)CCC2CCNCC21. The van der Waals surface area contributed by atoms with Gasteiger partial charge in [0.05, 0.1) is 11.0 Å². The summed E-state index contributed by atoms with van der Waals surface area (Å²) in [6.07, 6.45) is 1.94. The molecule has 1 N–H and O–H groups in total. The van der Waals surface area contributed by atoms with Crippen LogP contribution in [0.1, 0.15) is 12.8 Å². The zero-order valence-corrected chi connectivity index (χ0v) is 7.23. The van der Waals surface area contributed by atoms with E-state index in [1.54, 1.807) is 0 Å². The Morgan fingerprint density at radius 1 is 1.27 bits per heavy atom. The average Bonchev–Trinajstić information content (AvgIpc) is 2.29. The van der Waals surface area contributed by atoms with Gasteiger partial charge in [-0.3, -0.25) is 0 Å². The van der Waals surface area contributed by atoms with E-state index in [-0.39, 0.29) is 5.25 Å². The Morgan fingerprint density at radius 2 is 2.09 bits per heavy atom. The van der Waals surface area contributed by atoms with Crippen molar-refractivity contribution in [3.05, 3.63) is 0 Å². The molecular formula is C7H13NO2S. The first-order valence-electron chi connectivity index (χ1n) is 4.12. The van der Waals surface area contributed by atoms with Crippen LogP contribution in [0.25, 0.3) is 0 Å². The summed E-state index contributed by atoms with van der Waals surface area (Å²) in [5, 5.41) is 3.07. The number of nitrogens with one attached hydrogen (secondary N) is 1. The Hall–Kier alpha value is -0.0900. The monoisotopic (exact) mass is 175 g/mol. The van der Waals surface area contributed by atoms with Crippen molar-refractivity contribution >= 4 is 9.84 Å². The van der Waals surface area contributed by atoms with Gasteiger partial charge >= 0.3 is 0 Å². The summed E-state index contributed by atoms with van der Waals surface area (Å²) < 4.78 is 22.7. The molecule has 3 nitrogen and oxygen atoms in total. The minimum Gasteiger partial charge on any atom is -0.315 e. The van der Waals surface area contributed by atoms with Gasteiger partial charge in [0.1, 0.15) is 0 Å². The van der Waals surface area contributed by atoms with E-state index in [4.69, 9.17) is 0 Å². The predicted molar refractivity (Wildman–Crippen MR) is 43.2 cm³/mol. The van der Waals surface area contributed by atoms with Crippen molar-refractivity contribution in [2.45, 2.75) is 18.1 Å². The van der Waals surface area contributed by atoms with Crippen LogP contribution in [0.4, 0.5) is 0 Å². The molecule has 0 aromatic heterocycles. The summed E-state index contributed by atoms with van der Waals surface area (Å²) in [6, 6.07) is 0. The van der Waals surface area contributed by atoms with Crippen molar-refractivity contribution in [1.82, 2.24) is 5.32 Å². The van der Waals surface area contributed by atoms with Crippen LogP contribution in [0.15, 0.2) is 0 Å². The second kappa shape index (κ2) is 2.45. The Bertz CT molecular complexity index is 247. The molecule has 2 unspecified atom stereocenters. The van der Waals surface area contributed by atoms with E-state index in [9.17, 15) is 8.42 Å². The lowest BCUT2D eigenvalue weighted by Crippen LogP contribution is -2.40. The van der Waals surface area contributed by atoms with Crippen LogP contribution < -0.4 is 5.32 Å². The number of sulfone groups is 1. The zero-order chi connectivity index (χ0) is 7.90. The quantitative estimate of drug-likeness (QED) is 0.554. The summed E-state index contributed by atoms with van der Waals surface area (Å²) in [6.45, 7) is 1.68. The van der Waals surface area contributed by atoms with Crippen LogP contribution in [0.2, 0.25) is 0 Å². The Balaban J connectivity index is 2.23. The van der Waals surface area contributed by atoms with Crippen molar-refractivity contribution in [3.63, 3.8) is 0 Å². The first-order valence-corrected chi connectivity index (χ1v) is 5.84. The minimum absolute atomic E-state index is 0.0590. The van der Waals surface area contributed by atoms with Crippen molar-refractivity contribution in [2.24, 2.45) is 5.92 Å². The fourth-order valence-electron chi connectivity index (χ4n) is 2.10. The lowest BCUT2D eigenvalue weighted by Gasteiger charge is -2.24. The highest BCUT2D eigenvalue weighted by Gasteiger charge is 2.40. The van der Waals surface area contributed by atoms with Gasteiger partial charge in [-0.15, -0.1) is 0 Å². The van der Waals surface area contributed by atoms with Gasteiger partial charge < -0.3 is 5.32 Å². The second-order valence-corrected chi connectivity index (χ2v) is 5.79. The molecular weight excluding hydrogens is 162 g/mol. The van der Waals surface area contributed by atoms with Gasteiger partial charge in [0, 0.05) is 6.54 Å². The van der Waals surface area contributed by atoms with Crippen molar-refractivity contribution in [3.8, 4) is 0 Å². The van der Waals surface area contributed by atoms with Gasteiger partial charge in [-0.1, -0.05) is 0 Å². The predicted octanol–water partition coefficient (Wildman–Crippen LogP) is -0.217. The van der Waals surface area contributed by atoms with E-state index in [1.807, 2.05) is 0 Å². The number of hydrogen-bond acceptors (Lipinski definition) is 3. The fourth-order valence-corrected chi connectivity index (χ4v) is 4.27. The molecule has 2 aliphatic heterocycles. The van der Waals surface area contributed by atoms with Gasteiger partial charge in [-0.2, -0.15) is 0 Å². The third-order valence-electron chi connectivity index (χ3n) is 2.80. The van der Waals surface area contributed by atoms with E-state index >= 15 is 0 Å². The van der Waals surface area contributed by atoms with E-state index < -0.39 is 9.84 Å². The highest BCUT2D eigenvalue weighted by molar-refractivity contribution is 7.92. The zero-order valence-electron chi connectivity index (χ0n) is 6.41. The van der Waals surface area contributed by atoms with Crippen LogP contribution >= 0.6 is 0 Å². The van der Waals surface area contributed by atoms with E-state index in [2.05, 4.69) is 5.32 Å². The molecule has 2 atom stereocenters. The third-order valence-corrected chi connectivity index (χ3v) is 5.08. The molecule has 0 bridgehead atoms. The highest BCUT2D eigenvalue weighted by atomic mass is 32.2. The molecule has 2 rings (SSSR count). The van der Waals surface area contributed by atoms with Gasteiger partial charge in [-0.25, -0.2) is 8.42 Å². The Kier molecular flexibility index (Phi) is 1.68. The van der Waals surface area contributed by atoms with Gasteiger partial charge in [0.2, 0.25) is 0 Å². The third kappa shape index (κ3) is 1.18. The van der Waals surface area contributed by atoms with Gasteiger partial charge in [-0.05, 0) is 25.3 Å². The molecule has 0 aromatic rings. The molecule has 0 saturated carbocycles. The topological polar surface area (TPSA) is 46.2 Å². The summed E-state index contributed by atoms with van der Waals surface area (Å²) >= 11 is 0. The number of fused-ring (bicyclic) bond motifs is 1. The molecule has 2 aliphatic rings. The van der Waals surface area contributed by atoms with Crippen molar-refractivity contribution in [1.29, 1.82) is 0 Å². The lowest BCUT2D eigenvalue weighted by atomic mass is 9.96. The van der Waals surface area contributed by atoms with Gasteiger partial charge in [0.15, 0.2) is 9.84 Å². The molecule has 2 fully saturated rings. The standard InChI is InChI=1S/C7H13NO2S/c9-11(10)4-2-6-1-3-8-5-7(6)11/h6-8H,1-5H2. The largest absolute Gasteiger partial charge is 0.315 e. The van der Waals surface area contributed by atoms with E-state index in [1.165, 1.54) is 0 Å². The molecule has 0 amide bonds. The average molecular weight is 175 g/mol. The first-order chi connectivity index (χ1) is 5.20. The molecule has 64 valence electrons. The molecule has 0 spiro atoms. The summed E-state index contributed by atoms with van der Waals surface area (Å²) in [5.41, 5.74) is 0.